The summed E-state index contributed by atoms with van der Waals surface area (Å²) in [5.74, 6) is 7.14. The van der Waals surface area contributed by atoms with Crippen molar-refractivity contribution in [1.29, 1.82) is 0 Å². The van der Waals surface area contributed by atoms with E-state index in [0.717, 1.165) is 53.8 Å². The second-order valence-electron chi connectivity index (χ2n) is 9.29. The molecule has 18 heteroatoms. The molecule has 9 N–H and O–H groups in total. The average molecular weight is 730 g/mol. The topological polar surface area (TPSA) is 202 Å². The summed E-state index contributed by atoms with van der Waals surface area (Å²) in [6.45, 7) is 5.97. The standard InChI is InChI=1S/C26H51N9O3S6/c1-21(33-23(27)6-3-12-39-42-15-9-30-18-36)26(35-25(29)8-5-14-41-44-17-11-32-20-38)22(2)34-24(28)7-4-13-40-43-16-10-31-19-37/h18-22,26H,3-17H2,1-2H3,(H2,27,33)(H2,28,34)(H2,29,35)(H,30,36)(H,31,37)(H,32,38). The Bertz CT molecular complexity index is 797. The monoisotopic (exact) mass is 729 g/mol. The number of carbonyl (C=O) groups excluding carboxylic acids is 3. The first-order valence-electron chi connectivity index (χ1n) is 14.6. The number of amides is 3. The number of amidine groups is 3. The summed E-state index contributed by atoms with van der Waals surface area (Å²) in [5.41, 5.74) is 19.0. The number of rotatable bonds is 32. The van der Waals surface area contributed by atoms with Crippen LogP contribution in [-0.2, 0) is 14.4 Å². The molecular formula is C26H51N9O3S6. The van der Waals surface area contributed by atoms with Gasteiger partial charge in [0.15, 0.2) is 0 Å². The van der Waals surface area contributed by atoms with Gasteiger partial charge in [0, 0.05) is 73.4 Å². The van der Waals surface area contributed by atoms with Gasteiger partial charge in [0.25, 0.3) is 0 Å². The van der Waals surface area contributed by atoms with Gasteiger partial charge in [-0.2, -0.15) is 0 Å². The number of carbonyl (C=O) groups is 3. The Morgan fingerprint density at radius 2 is 0.841 bits per heavy atom. The molecule has 0 bridgehead atoms. The molecule has 3 amide bonds. The Hall–Kier alpha value is -1.08. The maximum Gasteiger partial charge on any atom is 0.207 e. The molecule has 44 heavy (non-hydrogen) atoms. The Labute approximate surface area is 287 Å². The molecule has 0 spiro atoms. The molecule has 2 unspecified atom stereocenters. The Morgan fingerprint density at radius 3 is 1.16 bits per heavy atom. The van der Waals surface area contributed by atoms with Crippen LogP contribution in [0.25, 0.3) is 0 Å². The summed E-state index contributed by atoms with van der Waals surface area (Å²) in [7, 11) is 10.5. The number of hydrogen-bond acceptors (Lipinski definition) is 12. The highest BCUT2D eigenvalue weighted by molar-refractivity contribution is 8.77. The summed E-state index contributed by atoms with van der Waals surface area (Å²) in [4.78, 5) is 45.3. The number of nitrogens with one attached hydrogen (secondary N) is 3. The quantitative estimate of drug-likeness (QED) is 0.0195. The molecule has 0 aliphatic carbocycles. The SMILES string of the molecule is CC(N=C(N)CCCSSCCNC=O)C(N=C(N)CCCSSCCNC=O)C(C)N=C(N)CCCSSCCNC=O. The first-order valence-corrected chi connectivity index (χ1v) is 22.0. The Morgan fingerprint density at radius 1 is 0.545 bits per heavy atom. The lowest BCUT2D eigenvalue weighted by atomic mass is 10.0. The first-order chi connectivity index (χ1) is 21.3. The van der Waals surface area contributed by atoms with Crippen LogP contribution >= 0.6 is 64.8 Å². The van der Waals surface area contributed by atoms with Crippen LogP contribution in [0.2, 0.25) is 0 Å². The minimum Gasteiger partial charge on any atom is -0.387 e. The van der Waals surface area contributed by atoms with Crippen LogP contribution in [0.3, 0.4) is 0 Å². The largest absolute Gasteiger partial charge is 0.387 e. The fraction of sp³-hybridized carbons (Fsp3) is 0.769. The van der Waals surface area contributed by atoms with Gasteiger partial charge in [-0.25, -0.2) is 0 Å². The van der Waals surface area contributed by atoms with Gasteiger partial charge < -0.3 is 33.2 Å². The molecular weight excluding hydrogens is 679 g/mol. The lowest BCUT2D eigenvalue weighted by molar-refractivity contribution is -0.110. The second-order valence-corrected chi connectivity index (χ2v) is 17.4. The normalized spacial score (nSPS) is 14.5. The molecule has 0 heterocycles. The number of aliphatic imine (C=N–C) groups is 3. The van der Waals surface area contributed by atoms with Crippen LogP contribution < -0.4 is 33.2 Å². The van der Waals surface area contributed by atoms with E-state index in [1.807, 2.05) is 13.8 Å². The minimum atomic E-state index is -0.297. The van der Waals surface area contributed by atoms with Crippen LogP contribution in [0.4, 0.5) is 0 Å². The van der Waals surface area contributed by atoms with E-state index in [1.165, 1.54) is 0 Å². The molecule has 0 saturated carbocycles. The number of nitrogens with two attached hydrogens (primary N) is 3. The molecule has 0 aromatic rings. The summed E-state index contributed by atoms with van der Waals surface area (Å²) in [6, 6.07) is -0.744. The summed E-state index contributed by atoms with van der Waals surface area (Å²) in [5, 5.41) is 7.97. The van der Waals surface area contributed by atoms with Crippen molar-refractivity contribution in [2.75, 3.05) is 54.2 Å². The molecule has 0 saturated heterocycles. The third-order valence-corrected chi connectivity index (χ3v) is 13.0. The van der Waals surface area contributed by atoms with Gasteiger partial charge in [0.1, 0.15) is 0 Å². The minimum absolute atomic E-state index is 0.223. The predicted molar refractivity (Wildman–Crippen MR) is 202 cm³/mol. The van der Waals surface area contributed by atoms with Crippen LogP contribution in [0.5, 0.6) is 0 Å². The van der Waals surface area contributed by atoms with E-state index >= 15 is 0 Å². The van der Waals surface area contributed by atoms with Gasteiger partial charge in [-0.05, 0) is 33.1 Å². The van der Waals surface area contributed by atoms with Crippen molar-refractivity contribution in [2.24, 2.45) is 32.2 Å². The highest BCUT2D eigenvalue weighted by atomic mass is 33.1. The fourth-order valence-corrected chi connectivity index (χ4v) is 9.48. The molecule has 0 aliphatic rings. The highest BCUT2D eigenvalue weighted by Crippen LogP contribution is 2.23. The molecule has 0 aliphatic heterocycles. The van der Waals surface area contributed by atoms with Gasteiger partial charge in [0.05, 0.1) is 35.6 Å². The lowest BCUT2D eigenvalue weighted by Crippen LogP contribution is -2.35. The molecule has 0 aromatic heterocycles. The second kappa shape index (κ2) is 31.9. The lowest BCUT2D eigenvalue weighted by Gasteiger charge is -2.23. The van der Waals surface area contributed by atoms with E-state index in [4.69, 9.17) is 32.2 Å². The van der Waals surface area contributed by atoms with Crippen LogP contribution in [0.15, 0.2) is 15.0 Å². The first kappa shape index (κ1) is 42.9. The van der Waals surface area contributed by atoms with E-state index in [-0.39, 0.29) is 18.1 Å². The van der Waals surface area contributed by atoms with Crippen molar-refractivity contribution in [3.63, 3.8) is 0 Å². The smallest absolute Gasteiger partial charge is 0.207 e. The zero-order valence-corrected chi connectivity index (χ0v) is 30.7. The maximum absolute atomic E-state index is 10.3. The van der Waals surface area contributed by atoms with E-state index in [0.29, 0.717) is 75.6 Å². The van der Waals surface area contributed by atoms with Crippen molar-refractivity contribution in [2.45, 2.75) is 70.5 Å². The molecule has 0 fully saturated rings. The molecule has 2 atom stereocenters. The van der Waals surface area contributed by atoms with Crippen molar-refractivity contribution in [3.05, 3.63) is 0 Å². The summed E-state index contributed by atoms with van der Waals surface area (Å²) < 4.78 is 0. The van der Waals surface area contributed by atoms with Gasteiger partial charge in [0.2, 0.25) is 19.2 Å². The summed E-state index contributed by atoms with van der Waals surface area (Å²) >= 11 is 0. The molecule has 254 valence electrons. The highest BCUT2D eigenvalue weighted by Gasteiger charge is 2.24. The van der Waals surface area contributed by atoms with E-state index in [2.05, 4.69) is 16.0 Å². The zero-order valence-electron chi connectivity index (χ0n) is 25.8. The molecule has 0 radical (unpaired) electrons. The van der Waals surface area contributed by atoms with Crippen molar-refractivity contribution in [1.82, 2.24) is 16.0 Å². The van der Waals surface area contributed by atoms with E-state index < -0.39 is 0 Å². The van der Waals surface area contributed by atoms with Gasteiger partial charge in [-0.3, -0.25) is 29.4 Å². The van der Waals surface area contributed by atoms with Crippen LogP contribution in [0, 0.1) is 0 Å². The van der Waals surface area contributed by atoms with Gasteiger partial charge in [-0.1, -0.05) is 64.8 Å². The average Bonchev–Trinajstić information content (AvgIpc) is 2.99. The molecule has 0 aromatic carbocycles. The third kappa shape index (κ3) is 27.2. The van der Waals surface area contributed by atoms with E-state index in [9.17, 15) is 14.4 Å². The third-order valence-electron chi connectivity index (χ3n) is 5.51. The Balaban J connectivity index is 5.03. The van der Waals surface area contributed by atoms with Gasteiger partial charge in [-0.15, -0.1) is 0 Å². The molecule has 0 rings (SSSR count). The van der Waals surface area contributed by atoms with Crippen LogP contribution in [0.1, 0.15) is 52.4 Å². The van der Waals surface area contributed by atoms with Gasteiger partial charge >= 0.3 is 0 Å². The summed E-state index contributed by atoms with van der Waals surface area (Å²) in [6.07, 6.45) is 6.89. The zero-order chi connectivity index (χ0) is 32.7. The van der Waals surface area contributed by atoms with E-state index in [1.54, 1.807) is 64.8 Å². The predicted octanol–water partition coefficient (Wildman–Crippen LogP) is 2.93. The van der Waals surface area contributed by atoms with Crippen molar-refractivity contribution >= 4 is 102 Å². The maximum atomic E-state index is 10.3. The van der Waals surface area contributed by atoms with Crippen LogP contribution in [-0.4, -0.2) is 109 Å². The van der Waals surface area contributed by atoms with Crippen molar-refractivity contribution in [3.8, 4) is 0 Å². The Kier molecular flexibility index (Phi) is 31.1. The fourth-order valence-electron chi connectivity index (χ4n) is 3.45. The number of nitrogens with zero attached hydrogens (tertiary/aromatic N) is 3. The molecule has 12 nitrogen and oxygen atoms in total. The number of hydrogen-bond donors (Lipinski definition) is 6. The van der Waals surface area contributed by atoms with Crippen molar-refractivity contribution < 1.29 is 14.4 Å².